The first-order valence-corrected chi connectivity index (χ1v) is 6.35. The SMILES string of the molecule is Oc1ccc(Cc2ccc3c(O)c(O)ccc3c2)cc1. The van der Waals surface area contributed by atoms with E-state index in [1.54, 1.807) is 24.3 Å². The lowest BCUT2D eigenvalue weighted by molar-refractivity contribution is 0.408. The fourth-order valence-corrected chi connectivity index (χ4v) is 2.31. The zero-order valence-electron chi connectivity index (χ0n) is 10.7. The van der Waals surface area contributed by atoms with Gasteiger partial charge in [0, 0.05) is 5.39 Å². The average Bonchev–Trinajstić information content (AvgIpc) is 2.46. The van der Waals surface area contributed by atoms with Crippen molar-refractivity contribution in [3.05, 3.63) is 65.7 Å². The standard InChI is InChI=1S/C17H14O3/c18-14-5-1-11(2-6-14)9-12-3-7-15-13(10-12)4-8-16(19)17(15)20/h1-8,10,18-20H,9H2. The van der Waals surface area contributed by atoms with Crippen LogP contribution in [0, 0.1) is 0 Å². The molecule has 0 amide bonds. The van der Waals surface area contributed by atoms with Crippen LogP contribution in [0.15, 0.2) is 54.6 Å². The van der Waals surface area contributed by atoms with Crippen LogP contribution in [0.4, 0.5) is 0 Å². The molecular weight excluding hydrogens is 252 g/mol. The number of aromatic hydroxyl groups is 3. The lowest BCUT2D eigenvalue weighted by Gasteiger charge is -2.07. The zero-order chi connectivity index (χ0) is 14.1. The summed E-state index contributed by atoms with van der Waals surface area (Å²) in [6.07, 6.45) is 0.748. The predicted molar refractivity (Wildman–Crippen MR) is 78.2 cm³/mol. The number of phenols is 3. The molecule has 0 aromatic heterocycles. The first kappa shape index (κ1) is 12.4. The van der Waals surface area contributed by atoms with Crippen molar-refractivity contribution in [3.63, 3.8) is 0 Å². The topological polar surface area (TPSA) is 60.7 Å². The van der Waals surface area contributed by atoms with E-state index < -0.39 is 0 Å². The van der Waals surface area contributed by atoms with Crippen molar-refractivity contribution < 1.29 is 15.3 Å². The molecule has 0 aliphatic rings. The van der Waals surface area contributed by atoms with E-state index >= 15 is 0 Å². The summed E-state index contributed by atoms with van der Waals surface area (Å²) in [6.45, 7) is 0. The largest absolute Gasteiger partial charge is 0.508 e. The van der Waals surface area contributed by atoms with E-state index in [0.29, 0.717) is 5.39 Å². The lowest BCUT2D eigenvalue weighted by Crippen LogP contribution is -1.88. The van der Waals surface area contributed by atoms with E-state index in [1.165, 1.54) is 6.07 Å². The maximum absolute atomic E-state index is 9.79. The third-order valence-corrected chi connectivity index (χ3v) is 3.38. The van der Waals surface area contributed by atoms with Crippen molar-refractivity contribution in [3.8, 4) is 17.2 Å². The van der Waals surface area contributed by atoms with Gasteiger partial charge in [-0.25, -0.2) is 0 Å². The Labute approximate surface area is 116 Å². The van der Waals surface area contributed by atoms with Crippen LogP contribution >= 0.6 is 0 Å². The van der Waals surface area contributed by atoms with Gasteiger partial charge >= 0.3 is 0 Å². The number of hydrogen-bond acceptors (Lipinski definition) is 3. The number of benzene rings is 3. The molecule has 3 aromatic carbocycles. The van der Waals surface area contributed by atoms with Crippen LogP contribution < -0.4 is 0 Å². The van der Waals surface area contributed by atoms with Gasteiger partial charge in [0.1, 0.15) is 5.75 Å². The Hall–Kier alpha value is -2.68. The van der Waals surface area contributed by atoms with Crippen LogP contribution in [0.3, 0.4) is 0 Å². The first-order valence-electron chi connectivity index (χ1n) is 6.35. The molecule has 0 saturated carbocycles. The number of rotatable bonds is 2. The van der Waals surface area contributed by atoms with E-state index in [1.807, 2.05) is 24.3 Å². The Kier molecular flexibility index (Phi) is 2.95. The molecule has 3 rings (SSSR count). The molecule has 0 heterocycles. The van der Waals surface area contributed by atoms with Crippen LogP contribution in [0.2, 0.25) is 0 Å². The Bertz CT molecular complexity index is 761. The first-order chi connectivity index (χ1) is 9.63. The molecule has 0 fully saturated rings. The molecular formula is C17H14O3. The monoisotopic (exact) mass is 266 g/mol. The minimum atomic E-state index is -0.108. The van der Waals surface area contributed by atoms with Crippen molar-refractivity contribution in [1.29, 1.82) is 0 Å². The summed E-state index contributed by atoms with van der Waals surface area (Å²) >= 11 is 0. The molecule has 100 valence electrons. The highest BCUT2D eigenvalue weighted by Crippen LogP contribution is 2.34. The Morgan fingerprint density at radius 3 is 2.15 bits per heavy atom. The summed E-state index contributed by atoms with van der Waals surface area (Å²) < 4.78 is 0. The van der Waals surface area contributed by atoms with Crippen LogP contribution in [-0.4, -0.2) is 15.3 Å². The van der Waals surface area contributed by atoms with Gasteiger partial charge in [-0.05, 0) is 41.1 Å². The van der Waals surface area contributed by atoms with Crippen LogP contribution in [0.5, 0.6) is 17.2 Å². The van der Waals surface area contributed by atoms with Crippen molar-refractivity contribution in [2.24, 2.45) is 0 Å². The van der Waals surface area contributed by atoms with E-state index in [-0.39, 0.29) is 17.2 Å². The van der Waals surface area contributed by atoms with Gasteiger partial charge in [0.25, 0.3) is 0 Å². The number of hydrogen-bond donors (Lipinski definition) is 3. The van der Waals surface area contributed by atoms with Gasteiger partial charge in [0.15, 0.2) is 11.5 Å². The minimum Gasteiger partial charge on any atom is -0.508 e. The molecule has 0 atom stereocenters. The molecule has 0 bridgehead atoms. The molecule has 0 saturated heterocycles. The van der Waals surface area contributed by atoms with Crippen molar-refractivity contribution in [2.75, 3.05) is 0 Å². The third-order valence-electron chi connectivity index (χ3n) is 3.38. The van der Waals surface area contributed by atoms with E-state index in [0.717, 1.165) is 22.9 Å². The zero-order valence-corrected chi connectivity index (χ0v) is 10.7. The number of phenolic OH excluding ortho intramolecular Hbond substituents is 3. The van der Waals surface area contributed by atoms with Crippen LogP contribution in [0.25, 0.3) is 10.8 Å². The summed E-state index contributed by atoms with van der Waals surface area (Å²) in [5, 5.41) is 30.1. The molecule has 0 aliphatic heterocycles. The number of fused-ring (bicyclic) bond motifs is 1. The molecule has 3 nitrogen and oxygen atoms in total. The summed E-state index contributed by atoms with van der Waals surface area (Å²) in [6, 6.07) is 16.1. The van der Waals surface area contributed by atoms with Gasteiger partial charge in [-0.15, -0.1) is 0 Å². The molecule has 0 aliphatic carbocycles. The fraction of sp³-hybridized carbons (Fsp3) is 0.0588. The van der Waals surface area contributed by atoms with Crippen molar-refractivity contribution >= 4 is 10.8 Å². The molecule has 0 radical (unpaired) electrons. The second-order valence-electron chi connectivity index (χ2n) is 4.83. The molecule has 0 unspecified atom stereocenters. The molecule has 20 heavy (non-hydrogen) atoms. The van der Waals surface area contributed by atoms with E-state index in [2.05, 4.69) is 0 Å². The van der Waals surface area contributed by atoms with Crippen molar-refractivity contribution in [1.82, 2.24) is 0 Å². The summed E-state index contributed by atoms with van der Waals surface area (Å²) in [4.78, 5) is 0. The van der Waals surface area contributed by atoms with E-state index in [4.69, 9.17) is 0 Å². The fourth-order valence-electron chi connectivity index (χ4n) is 2.31. The quantitative estimate of drug-likeness (QED) is 0.622. The van der Waals surface area contributed by atoms with Crippen LogP contribution in [0.1, 0.15) is 11.1 Å². The Balaban J connectivity index is 1.97. The minimum absolute atomic E-state index is 0.0846. The maximum Gasteiger partial charge on any atom is 0.165 e. The Morgan fingerprint density at radius 2 is 1.40 bits per heavy atom. The van der Waals surface area contributed by atoms with Crippen molar-refractivity contribution in [2.45, 2.75) is 6.42 Å². The molecule has 0 spiro atoms. The van der Waals surface area contributed by atoms with Gasteiger partial charge < -0.3 is 15.3 Å². The highest BCUT2D eigenvalue weighted by Gasteiger charge is 2.06. The van der Waals surface area contributed by atoms with Gasteiger partial charge in [-0.2, -0.15) is 0 Å². The van der Waals surface area contributed by atoms with Crippen LogP contribution in [-0.2, 0) is 6.42 Å². The summed E-state index contributed by atoms with van der Waals surface area (Å²) in [5.74, 6) is 0.0649. The normalized spacial score (nSPS) is 10.8. The molecule has 3 aromatic rings. The van der Waals surface area contributed by atoms with E-state index in [9.17, 15) is 15.3 Å². The smallest absolute Gasteiger partial charge is 0.165 e. The maximum atomic E-state index is 9.79. The lowest BCUT2D eigenvalue weighted by atomic mass is 10.0. The summed E-state index contributed by atoms with van der Waals surface area (Å²) in [5.41, 5.74) is 2.21. The van der Waals surface area contributed by atoms with Gasteiger partial charge in [0.05, 0.1) is 0 Å². The molecule has 3 N–H and O–H groups in total. The second kappa shape index (κ2) is 4.78. The average molecular weight is 266 g/mol. The second-order valence-corrected chi connectivity index (χ2v) is 4.83. The Morgan fingerprint density at radius 1 is 0.700 bits per heavy atom. The van der Waals surface area contributed by atoms with Gasteiger partial charge in [-0.1, -0.05) is 36.4 Å². The van der Waals surface area contributed by atoms with Gasteiger partial charge in [-0.3, -0.25) is 0 Å². The third kappa shape index (κ3) is 2.26. The highest BCUT2D eigenvalue weighted by atomic mass is 16.3. The predicted octanol–water partition coefficient (Wildman–Crippen LogP) is 3.55. The molecule has 3 heteroatoms. The summed E-state index contributed by atoms with van der Waals surface area (Å²) in [7, 11) is 0. The highest BCUT2D eigenvalue weighted by molar-refractivity contribution is 5.90. The van der Waals surface area contributed by atoms with Gasteiger partial charge in [0.2, 0.25) is 0 Å².